The van der Waals surface area contributed by atoms with E-state index in [1.807, 2.05) is 0 Å². The Morgan fingerprint density at radius 3 is 2.43 bits per heavy atom. The van der Waals surface area contributed by atoms with Crippen LogP contribution in [0.25, 0.3) is 0 Å². The highest BCUT2D eigenvalue weighted by atomic mass is 32.2. The molecule has 1 aliphatic carbocycles. The SMILES string of the molecule is O=C(Cc1ccc(F)cc1)NNC(=O)c1cccc(S(=O)(=O)NCC2CC2)c1. The fourth-order valence-electron chi connectivity index (χ4n) is 2.47. The molecule has 1 fully saturated rings. The lowest BCUT2D eigenvalue weighted by Crippen LogP contribution is -2.42. The molecule has 0 aromatic heterocycles. The number of carbonyl (C=O) groups is 2. The van der Waals surface area contributed by atoms with Crippen LogP contribution in [0.5, 0.6) is 0 Å². The molecule has 148 valence electrons. The van der Waals surface area contributed by atoms with E-state index in [0.29, 0.717) is 18.0 Å². The van der Waals surface area contributed by atoms with Crippen molar-refractivity contribution in [1.29, 1.82) is 0 Å². The first-order valence-corrected chi connectivity index (χ1v) is 10.3. The summed E-state index contributed by atoms with van der Waals surface area (Å²) in [5.74, 6) is -1.15. The summed E-state index contributed by atoms with van der Waals surface area (Å²) in [5, 5.41) is 0. The first-order chi connectivity index (χ1) is 13.3. The van der Waals surface area contributed by atoms with E-state index < -0.39 is 27.7 Å². The molecule has 9 heteroatoms. The van der Waals surface area contributed by atoms with Crippen LogP contribution in [0.3, 0.4) is 0 Å². The van der Waals surface area contributed by atoms with Gasteiger partial charge in [0.15, 0.2) is 0 Å². The van der Waals surface area contributed by atoms with Gasteiger partial charge in [0, 0.05) is 12.1 Å². The van der Waals surface area contributed by atoms with Crippen molar-refractivity contribution in [2.75, 3.05) is 6.54 Å². The monoisotopic (exact) mass is 405 g/mol. The van der Waals surface area contributed by atoms with Crippen LogP contribution in [0, 0.1) is 11.7 Å². The van der Waals surface area contributed by atoms with Crippen LogP contribution < -0.4 is 15.6 Å². The Morgan fingerprint density at radius 1 is 1.04 bits per heavy atom. The lowest BCUT2D eigenvalue weighted by atomic mass is 10.1. The second kappa shape index (κ2) is 8.49. The van der Waals surface area contributed by atoms with Gasteiger partial charge in [0.2, 0.25) is 15.9 Å². The molecule has 2 amide bonds. The summed E-state index contributed by atoms with van der Waals surface area (Å²) in [6.45, 7) is 0.387. The Kier molecular flexibility index (Phi) is 6.05. The summed E-state index contributed by atoms with van der Waals surface area (Å²) in [7, 11) is -3.69. The smallest absolute Gasteiger partial charge is 0.269 e. The van der Waals surface area contributed by atoms with E-state index in [4.69, 9.17) is 0 Å². The first kappa shape index (κ1) is 20.0. The molecule has 28 heavy (non-hydrogen) atoms. The Hall–Kier alpha value is -2.78. The van der Waals surface area contributed by atoms with Crippen molar-refractivity contribution in [3.63, 3.8) is 0 Å². The molecule has 0 heterocycles. The summed E-state index contributed by atoms with van der Waals surface area (Å²) < 4.78 is 40.0. The van der Waals surface area contributed by atoms with E-state index in [1.54, 1.807) is 0 Å². The van der Waals surface area contributed by atoms with Crippen molar-refractivity contribution in [2.45, 2.75) is 24.2 Å². The average molecular weight is 405 g/mol. The molecule has 7 nitrogen and oxygen atoms in total. The Balaban J connectivity index is 1.56. The highest BCUT2D eigenvalue weighted by Gasteiger charge is 2.24. The minimum atomic E-state index is -3.69. The molecule has 0 radical (unpaired) electrons. The summed E-state index contributed by atoms with van der Waals surface area (Å²) in [6, 6.07) is 11.0. The third kappa shape index (κ3) is 5.61. The fourth-order valence-corrected chi connectivity index (χ4v) is 3.63. The van der Waals surface area contributed by atoms with E-state index in [-0.39, 0.29) is 16.9 Å². The summed E-state index contributed by atoms with van der Waals surface area (Å²) in [5.41, 5.74) is 5.17. The van der Waals surface area contributed by atoms with Gasteiger partial charge in [0.05, 0.1) is 11.3 Å². The van der Waals surface area contributed by atoms with E-state index in [9.17, 15) is 22.4 Å². The third-order valence-electron chi connectivity index (χ3n) is 4.26. The number of hydrogen-bond acceptors (Lipinski definition) is 4. The lowest BCUT2D eigenvalue weighted by molar-refractivity contribution is -0.121. The molecule has 0 bridgehead atoms. The molecule has 0 atom stereocenters. The number of nitrogens with one attached hydrogen (secondary N) is 3. The van der Waals surface area contributed by atoms with Crippen molar-refractivity contribution in [3.8, 4) is 0 Å². The number of carbonyl (C=O) groups excluding carboxylic acids is 2. The maximum atomic E-state index is 12.9. The van der Waals surface area contributed by atoms with Crippen molar-refractivity contribution in [2.24, 2.45) is 5.92 Å². The van der Waals surface area contributed by atoms with Crippen LogP contribution in [0.1, 0.15) is 28.8 Å². The molecule has 0 aliphatic heterocycles. The number of amides is 2. The number of sulfonamides is 1. The van der Waals surface area contributed by atoms with Gasteiger partial charge >= 0.3 is 0 Å². The molecular weight excluding hydrogens is 385 g/mol. The topological polar surface area (TPSA) is 104 Å². The van der Waals surface area contributed by atoms with Gasteiger partial charge in [-0.25, -0.2) is 17.5 Å². The van der Waals surface area contributed by atoms with Crippen LogP contribution >= 0.6 is 0 Å². The van der Waals surface area contributed by atoms with Crippen molar-refractivity contribution in [3.05, 3.63) is 65.5 Å². The van der Waals surface area contributed by atoms with Gasteiger partial charge in [-0.2, -0.15) is 0 Å². The third-order valence-corrected chi connectivity index (χ3v) is 5.68. The van der Waals surface area contributed by atoms with E-state index in [0.717, 1.165) is 12.8 Å². The summed E-state index contributed by atoms with van der Waals surface area (Å²) in [6.07, 6.45) is 1.99. The highest BCUT2D eigenvalue weighted by molar-refractivity contribution is 7.89. The first-order valence-electron chi connectivity index (χ1n) is 8.77. The zero-order valence-electron chi connectivity index (χ0n) is 14.9. The van der Waals surface area contributed by atoms with Gasteiger partial charge in [0.1, 0.15) is 5.82 Å². The van der Waals surface area contributed by atoms with Crippen LogP contribution in [-0.2, 0) is 21.2 Å². The summed E-state index contributed by atoms with van der Waals surface area (Å²) >= 11 is 0. The van der Waals surface area contributed by atoms with Gasteiger partial charge in [-0.15, -0.1) is 0 Å². The van der Waals surface area contributed by atoms with Crippen LogP contribution in [0.2, 0.25) is 0 Å². The maximum absolute atomic E-state index is 12.9. The predicted molar refractivity (Wildman–Crippen MR) is 100 cm³/mol. The van der Waals surface area contributed by atoms with E-state index in [2.05, 4.69) is 15.6 Å². The van der Waals surface area contributed by atoms with Crippen molar-refractivity contribution >= 4 is 21.8 Å². The number of rotatable bonds is 7. The van der Waals surface area contributed by atoms with Crippen LogP contribution in [0.4, 0.5) is 4.39 Å². The lowest BCUT2D eigenvalue weighted by Gasteiger charge is -2.10. The van der Waals surface area contributed by atoms with Gasteiger partial charge in [0.25, 0.3) is 5.91 Å². The quantitative estimate of drug-likeness (QED) is 0.608. The summed E-state index contributed by atoms with van der Waals surface area (Å²) in [4.78, 5) is 24.1. The van der Waals surface area contributed by atoms with Gasteiger partial charge in [-0.1, -0.05) is 18.2 Å². The number of halogens is 1. The number of benzene rings is 2. The Morgan fingerprint density at radius 2 is 1.75 bits per heavy atom. The zero-order chi connectivity index (χ0) is 20.1. The van der Waals surface area contributed by atoms with Crippen molar-refractivity contribution in [1.82, 2.24) is 15.6 Å². The Labute approximate surface area is 162 Å². The molecule has 0 unspecified atom stereocenters. The second-order valence-electron chi connectivity index (χ2n) is 6.63. The van der Waals surface area contributed by atoms with Crippen LogP contribution in [0.15, 0.2) is 53.4 Å². The van der Waals surface area contributed by atoms with Crippen LogP contribution in [-0.4, -0.2) is 26.8 Å². The van der Waals surface area contributed by atoms with Gasteiger partial charge in [-0.05, 0) is 54.7 Å². The Bertz CT molecular complexity index is 973. The molecular formula is C19H20FN3O4S. The van der Waals surface area contributed by atoms with Crippen molar-refractivity contribution < 1.29 is 22.4 Å². The van der Waals surface area contributed by atoms with E-state index in [1.165, 1.54) is 48.5 Å². The predicted octanol–water partition coefficient (Wildman–Crippen LogP) is 1.52. The number of hydrazine groups is 1. The maximum Gasteiger partial charge on any atom is 0.269 e. The fraction of sp³-hybridized carbons (Fsp3) is 0.263. The normalized spacial score (nSPS) is 13.8. The minimum Gasteiger partial charge on any atom is -0.273 e. The molecule has 0 spiro atoms. The molecule has 2 aromatic carbocycles. The highest BCUT2D eigenvalue weighted by Crippen LogP contribution is 2.28. The van der Waals surface area contributed by atoms with E-state index >= 15 is 0 Å². The second-order valence-corrected chi connectivity index (χ2v) is 8.40. The standard InChI is InChI=1S/C19H20FN3O4S/c20-16-8-6-13(7-9-16)10-18(24)22-23-19(25)15-2-1-3-17(11-15)28(26,27)21-12-14-4-5-14/h1-3,6-9,11,14,21H,4-5,10,12H2,(H,22,24)(H,23,25). The minimum absolute atomic E-state index is 0.0153. The largest absolute Gasteiger partial charge is 0.273 e. The molecule has 3 N–H and O–H groups in total. The van der Waals surface area contributed by atoms with Gasteiger partial charge < -0.3 is 0 Å². The zero-order valence-corrected chi connectivity index (χ0v) is 15.8. The average Bonchev–Trinajstić information content (AvgIpc) is 3.51. The molecule has 2 aromatic rings. The molecule has 0 saturated heterocycles. The molecule has 3 rings (SSSR count). The molecule has 1 saturated carbocycles. The molecule has 1 aliphatic rings. The van der Waals surface area contributed by atoms with Gasteiger partial charge in [-0.3, -0.25) is 20.4 Å². The number of hydrogen-bond donors (Lipinski definition) is 3.